The lowest BCUT2D eigenvalue weighted by molar-refractivity contribution is -0.139. The van der Waals surface area contributed by atoms with Gasteiger partial charge in [0.05, 0.1) is 31.2 Å². The number of carboxylic acid groups (broad SMARTS) is 1. The monoisotopic (exact) mass is 393 g/mol. The van der Waals surface area contributed by atoms with Crippen LogP contribution in [0.3, 0.4) is 0 Å². The number of halogens is 2. The average Bonchev–Trinajstić information content (AvgIpc) is 2.38. The molecule has 7 heteroatoms. The maximum Gasteiger partial charge on any atom is 0.305 e. The van der Waals surface area contributed by atoms with Crippen molar-refractivity contribution in [3.8, 4) is 0 Å². The van der Waals surface area contributed by atoms with Crippen LogP contribution in [-0.2, 0) is 9.53 Å². The second-order valence-electron chi connectivity index (χ2n) is 4.45. The zero-order valence-electron chi connectivity index (χ0n) is 10.5. The minimum Gasteiger partial charge on any atom is -0.481 e. The molecule has 0 aromatic heterocycles. The molecule has 20 heavy (non-hydrogen) atoms. The van der Waals surface area contributed by atoms with Crippen molar-refractivity contribution in [2.45, 2.75) is 12.5 Å². The molecule has 1 saturated heterocycles. The van der Waals surface area contributed by atoms with Gasteiger partial charge in [0.25, 0.3) is 5.91 Å². The van der Waals surface area contributed by atoms with Crippen LogP contribution in [-0.4, -0.2) is 47.7 Å². The molecule has 0 spiro atoms. The number of carboxylic acids is 1. The van der Waals surface area contributed by atoms with Crippen LogP contribution >= 0.6 is 22.6 Å². The third-order valence-corrected chi connectivity index (χ3v) is 3.95. The molecule has 1 amide bonds. The minimum absolute atomic E-state index is 0.163. The summed E-state index contributed by atoms with van der Waals surface area (Å²) in [5.74, 6) is -1.67. The third kappa shape index (κ3) is 3.45. The molecule has 0 bridgehead atoms. The zero-order chi connectivity index (χ0) is 14.7. The van der Waals surface area contributed by atoms with Gasteiger partial charge >= 0.3 is 5.97 Å². The van der Waals surface area contributed by atoms with Crippen molar-refractivity contribution >= 4 is 34.5 Å². The highest BCUT2D eigenvalue weighted by molar-refractivity contribution is 14.1. The summed E-state index contributed by atoms with van der Waals surface area (Å²) in [6.45, 7) is 0.916. The Morgan fingerprint density at radius 1 is 1.50 bits per heavy atom. The maximum absolute atomic E-state index is 13.1. The summed E-state index contributed by atoms with van der Waals surface area (Å²) in [6.07, 6.45) is -0.163. The van der Waals surface area contributed by atoms with Gasteiger partial charge in [-0.25, -0.2) is 4.39 Å². The lowest BCUT2D eigenvalue weighted by Gasteiger charge is -2.35. The molecule has 1 aliphatic rings. The maximum atomic E-state index is 13.1. The Balaban J connectivity index is 2.22. The molecule has 108 valence electrons. The Morgan fingerprint density at radius 3 is 2.90 bits per heavy atom. The minimum atomic E-state index is -0.980. The molecule has 1 aliphatic heterocycles. The summed E-state index contributed by atoms with van der Waals surface area (Å²) in [7, 11) is 0. The molecule has 0 saturated carbocycles. The summed E-state index contributed by atoms with van der Waals surface area (Å²) in [5.41, 5.74) is 0.379. The Labute approximate surface area is 128 Å². The molecule has 1 aromatic rings. The van der Waals surface area contributed by atoms with E-state index in [2.05, 4.69) is 0 Å². The number of hydrogen-bond donors (Lipinski definition) is 1. The van der Waals surface area contributed by atoms with E-state index in [1.807, 2.05) is 22.6 Å². The lowest BCUT2D eigenvalue weighted by atomic mass is 10.1. The molecule has 5 nitrogen and oxygen atoms in total. The van der Waals surface area contributed by atoms with Crippen molar-refractivity contribution in [2.75, 3.05) is 19.8 Å². The van der Waals surface area contributed by atoms with Crippen molar-refractivity contribution in [3.05, 3.63) is 33.1 Å². The summed E-state index contributed by atoms with van der Waals surface area (Å²) < 4.78 is 18.8. The number of aliphatic carboxylic acids is 1. The number of morpholine rings is 1. The number of amides is 1. The van der Waals surface area contributed by atoms with Gasteiger partial charge < -0.3 is 14.7 Å². The highest BCUT2D eigenvalue weighted by Crippen LogP contribution is 2.20. The van der Waals surface area contributed by atoms with E-state index in [1.165, 1.54) is 23.1 Å². The van der Waals surface area contributed by atoms with Crippen LogP contribution in [0.4, 0.5) is 4.39 Å². The van der Waals surface area contributed by atoms with Crippen molar-refractivity contribution < 1.29 is 23.8 Å². The Kier molecular flexibility index (Phi) is 4.92. The standard InChI is InChI=1S/C13H13FINO4/c14-8-1-2-10(11(15)5-8)13(19)16-3-4-20-7-9(16)6-12(17)18/h1-2,5,9H,3-4,6-7H2,(H,17,18). The Bertz CT molecular complexity index is 537. The molecule has 1 unspecified atom stereocenters. The van der Waals surface area contributed by atoms with Gasteiger partial charge in [-0.05, 0) is 40.8 Å². The second-order valence-corrected chi connectivity index (χ2v) is 5.61. The number of ether oxygens (including phenoxy) is 1. The average molecular weight is 393 g/mol. The van der Waals surface area contributed by atoms with E-state index in [0.717, 1.165) is 0 Å². The highest BCUT2D eigenvalue weighted by Gasteiger charge is 2.30. The fourth-order valence-corrected chi connectivity index (χ4v) is 2.82. The molecule has 0 radical (unpaired) electrons. The first kappa shape index (κ1) is 15.2. The summed E-state index contributed by atoms with van der Waals surface area (Å²) in [4.78, 5) is 24.8. The fraction of sp³-hybridized carbons (Fsp3) is 0.385. The third-order valence-electron chi connectivity index (χ3n) is 3.06. The van der Waals surface area contributed by atoms with Gasteiger partial charge in [0, 0.05) is 10.1 Å². The van der Waals surface area contributed by atoms with Gasteiger partial charge in [-0.15, -0.1) is 0 Å². The largest absolute Gasteiger partial charge is 0.481 e. The van der Waals surface area contributed by atoms with E-state index in [4.69, 9.17) is 9.84 Å². The van der Waals surface area contributed by atoms with Gasteiger partial charge in [0.15, 0.2) is 0 Å². The van der Waals surface area contributed by atoms with Crippen LogP contribution in [0.1, 0.15) is 16.8 Å². The van der Waals surface area contributed by atoms with Crippen molar-refractivity contribution in [3.63, 3.8) is 0 Å². The summed E-state index contributed by atoms with van der Waals surface area (Å²) >= 11 is 1.89. The number of rotatable bonds is 3. The Morgan fingerprint density at radius 2 is 2.25 bits per heavy atom. The number of carbonyl (C=O) groups excluding carboxylic acids is 1. The van der Waals surface area contributed by atoms with E-state index in [9.17, 15) is 14.0 Å². The smallest absolute Gasteiger partial charge is 0.305 e. The number of nitrogens with zero attached hydrogens (tertiary/aromatic N) is 1. The van der Waals surface area contributed by atoms with Gasteiger partial charge in [0.1, 0.15) is 5.82 Å². The van der Waals surface area contributed by atoms with Crippen molar-refractivity contribution in [1.29, 1.82) is 0 Å². The van der Waals surface area contributed by atoms with Crippen molar-refractivity contribution in [1.82, 2.24) is 4.90 Å². The van der Waals surface area contributed by atoms with E-state index in [0.29, 0.717) is 22.3 Å². The van der Waals surface area contributed by atoms with Crippen LogP contribution < -0.4 is 0 Å². The SMILES string of the molecule is O=C(O)CC1COCCN1C(=O)c1ccc(F)cc1I. The highest BCUT2D eigenvalue weighted by atomic mass is 127. The molecule has 2 rings (SSSR count). The van der Waals surface area contributed by atoms with Crippen LogP contribution in [0.5, 0.6) is 0 Å². The number of carbonyl (C=O) groups is 2. The topological polar surface area (TPSA) is 66.8 Å². The Hall–Kier alpha value is -1.22. The lowest BCUT2D eigenvalue weighted by Crippen LogP contribution is -2.49. The van der Waals surface area contributed by atoms with Crippen LogP contribution in [0.2, 0.25) is 0 Å². The molecule has 1 fully saturated rings. The number of hydrogen-bond acceptors (Lipinski definition) is 3. The fourth-order valence-electron chi connectivity index (χ4n) is 2.11. The first-order valence-electron chi connectivity index (χ1n) is 6.04. The van der Waals surface area contributed by atoms with E-state index in [1.54, 1.807) is 0 Å². The van der Waals surface area contributed by atoms with Gasteiger partial charge in [-0.2, -0.15) is 0 Å². The predicted molar refractivity (Wildman–Crippen MR) is 77.0 cm³/mol. The van der Waals surface area contributed by atoms with Crippen LogP contribution in [0.15, 0.2) is 18.2 Å². The van der Waals surface area contributed by atoms with Crippen LogP contribution in [0, 0.1) is 9.39 Å². The van der Waals surface area contributed by atoms with Gasteiger partial charge in [-0.1, -0.05) is 0 Å². The molecule has 1 atom stereocenters. The first-order chi connectivity index (χ1) is 9.49. The molecular weight excluding hydrogens is 380 g/mol. The normalized spacial score (nSPS) is 18.9. The van der Waals surface area contributed by atoms with E-state index >= 15 is 0 Å². The quantitative estimate of drug-likeness (QED) is 0.795. The number of benzene rings is 1. The first-order valence-corrected chi connectivity index (χ1v) is 7.12. The molecule has 1 heterocycles. The molecule has 1 N–H and O–H groups in total. The predicted octanol–water partition coefficient (Wildman–Crippen LogP) is 1.75. The molecule has 1 aromatic carbocycles. The van der Waals surface area contributed by atoms with Crippen molar-refractivity contribution in [2.24, 2.45) is 0 Å². The van der Waals surface area contributed by atoms with Crippen LogP contribution in [0.25, 0.3) is 0 Å². The van der Waals surface area contributed by atoms with Gasteiger partial charge in [-0.3, -0.25) is 9.59 Å². The summed E-state index contributed by atoms with van der Waals surface area (Å²) in [6, 6.07) is 3.43. The second kappa shape index (κ2) is 6.49. The molecular formula is C13H13FINO4. The van der Waals surface area contributed by atoms with Gasteiger partial charge in [0.2, 0.25) is 0 Å². The summed E-state index contributed by atoms with van der Waals surface area (Å²) in [5, 5.41) is 8.88. The van der Waals surface area contributed by atoms with E-state index in [-0.39, 0.29) is 18.9 Å². The zero-order valence-corrected chi connectivity index (χ0v) is 12.7. The molecule has 0 aliphatic carbocycles. The van der Waals surface area contributed by atoms with E-state index < -0.39 is 17.8 Å².